The van der Waals surface area contributed by atoms with E-state index in [-0.39, 0.29) is 5.91 Å². The number of aryl methyl sites for hydroxylation is 1. The number of carbonyl (C=O) groups excluding carboxylic acids is 1. The summed E-state index contributed by atoms with van der Waals surface area (Å²) in [6.07, 6.45) is 10.3. The number of amides is 1. The van der Waals surface area contributed by atoms with E-state index in [4.69, 9.17) is 0 Å². The molecular weight excluding hydrogens is 410 g/mol. The van der Waals surface area contributed by atoms with Crippen LogP contribution in [-0.4, -0.2) is 39.7 Å². The minimum Gasteiger partial charge on any atom is -0.353 e. The maximum absolute atomic E-state index is 12.9. The summed E-state index contributed by atoms with van der Waals surface area (Å²) in [5, 5.41) is 2.94. The highest BCUT2D eigenvalue weighted by Crippen LogP contribution is 2.34. The van der Waals surface area contributed by atoms with Gasteiger partial charge in [0.25, 0.3) is 5.91 Å². The van der Waals surface area contributed by atoms with Crippen LogP contribution in [0.2, 0.25) is 0 Å². The summed E-state index contributed by atoms with van der Waals surface area (Å²) in [6.45, 7) is 2.91. The van der Waals surface area contributed by atoms with Crippen LogP contribution in [0.25, 0.3) is 0 Å². The monoisotopic (exact) mass is 441 g/mol. The molecule has 1 unspecified atom stereocenters. The Bertz CT molecular complexity index is 957. The highest BCUT2D eigenvalue weighted by Gasteiger charge is 2.30. The van der Waals surface area contributed by atoms with Crippen molar-refractivity contribution in [1.29, 1.82) is 0 Å². The number of hydrogen-bond donors (Lipinski definition) is 2. The summed E-state index contributed by atoms with van der Waals surface area (Å²) in [4.78, 5) is 24.8. The van der Waals surface area contributed by atoms with E-state index in [9.17, 15) is 9.00 Å². The van der Waals surface area contributed by atoms with Crippen molar-refractivity contribution in [2.75, 3.05) is 23.8 Å². The lowest BCUT2D eigenvalue weighted by Crippen LogP contribution is -2.39. The Hall–Kier alpha value is -2.32. The van der Waals surface area contributed by atoms with Gasteiger partial charge >= 0.3 is 0 Å². The number of carbonyl (C=O) groups is 1. The Morgan fingerprint density at radius 1 is 1.13 bits per heavy atom. The van der Waals surface area contributed by atoms with Crippen LogP contribution < -0.4 is 14.9 Å². The number of benzene rings is 1. The van der Waals surface area contributed by atoms with Gasteiger partial charge in [0.15, 0.2) is 0 Å². The summed E-state index contributed by atoms with van der Waals surface area (Å²) < 4.78 is 14.6. The molecule has 1 heterocycles. The Kier molecular flexibility index (Phi) is 6.97. The van der Waals surface area contributed by atoms with Crippen LogP contribution >= 0.6 is 0 Å². The van der Waals surface area contributed by atoms with Crippen molar-refractivity contribution in [3.05, 3.63) is 41.9 Å². The Morgan fingerprint density at radius 3 is 2.58 bits per heavy atom. The van der Waals surface area contributed by atoms with E-state index in [2.05, 4.69) is 24.9 Å². The molecule has 0 spiro atoms. The minimum absolute atomic E-state index is 0.260. The molecule has 8 heteroatoms. The smallest absolute Gasteiger partial charge is 0.274 e. The third kappa shape index (κ3) is 5.49. The standard InChI is InChI=1S/C23H31N5O2S/c1-16-12-19(31(30)24-2)10-11-20(16)27-23(29)21-13-22(26-15-25-21)28(14-17-8-9-17)18-6-4-3-5-7-18/h10-13,15,17-18,24H,3-9,14H2,1-2H3,(H,27,29). The molecule has 1 atom stereocenters. The molecule has 0 saturated heterocycles. The van der Waals surface area contributed by atoms with E-state index >= 15 is 0 Å². The highest BCUT2D eigenvalue weighted by atomic mass is 32.2. The quantitative estimate of drug-likeness (QED) is 0.650. The van der Waals surface area contributed by atoms with Crippen molar-refractivity contribution in [3.63, 3.8) is 0 Å². The number of rotatable bonds is 8. The molecule has 166 valence electrons. The molecule has 1 amide bonds. The van der Waals surface area contributed by atoms with Gasteiger partial charge in [-0.15, -0.1) is 0 Å². The average molecular weight is 442 g/mol. The topological polar surface area (TPSA) is 87.2 Å². The molecule has 2 saturated carbocycles. The van der Waals surface area contributed by atoms with Gasteiger partial charge in [0.1, 0.15) is 28.8 Å². The van der Waals surface area contributed by atoms with Crippen LogP contribution in [0.4, 0.5) is 11.5 Å². The second-order valence-electron chi connectivity index (χ2n) is 8.55. The SMILES string of the molecule is CNS(=O)c1ccc(NC(=O)c2cc(N(CC3CC3)C3CCCCC3)ncn2)c(C)c1. The molecule has 31 heavy (non-hydrogen) atoms. The van der Waals surface area contributed by atoms with Gasteiger partial charge in [-0.2, -0.15) is 0 Å². The molecule has 2 aromatic rings. The van der Waals surface area contributed by atoms with E-state index in [1.807, 2.05) is 19.1 Å². The lowest BCUT2D eigenvalue weighted by Gasteiger charge is -2.35. The van der Waals surface area contributed by atoms with Crippen molar-refractivity contribution in [3.8, 4) is 0 Å². The fourth-order valence-electron chi connectivity index (χ4n) is 4.23. The largest absolute Gasteiger partial charge is 0.353 e. The molecule has 2 fully saturated rings. The fourth-order valence-corrected chi connectivity index (χ4v) is 4.94. The second-order valence-corrected chi connectivity index (χ2v) is 9.97. The molecule has 1 aromatic heterocycles. The van der Waals surface area contributed by atoms with E-state index < -0.39 is 11.0 Å². The lowest BCUT2D eigenvalue weighted by molar-refractivity contribution is 0.102. The van der Waals surface area contributed by atoms with Gasteiger partial charge in [-0.1, -0.05) is 19.3 Å². The van der Waals surface area contributed by atoms with Crippen LogP contribution in [0.5, 0.6) is 0 Å². The van der Waals surface area contributed by atoms with E-state index in [1.54, 1.807) is 19.2 Å². The Labute approximate surface area is 186 Å². The van der Waals surface area contributed by atoms with E-state index in [1.165, 1.54) is 51.3 Å². The summed E-state index contributed by atoms with van der Waals surface area (Å²) >= 11 is 0. The molecule has 0 radical (unpaired) electrons. The van der Waals surface area contributed by atoms with E-state index in [0.29, 0.717) is 22.3 Å². The van der Waals surface area contributed by atoms with Crippen molar-refractivity contribution < 1.29 is 9.00 Å². The number of aromatic nitrogens is 2. The van der Waals surface area contributed by atoms with Gasteiger partial charge in [0, 0.05) is 24.3 Å². The van der Waals surface area contributed by atoms with E-state index in [0.717, 1.165) is 23.8 Å². The first-order valence-corrected chi connectivity index (χ1v) is 12.3. The Morgan fingerprint density at radius 2 is 1.90 bits per heavy atom. The maximum Gasteiger partial charge on any atom is 0.274 e. The third-order valence-corrected chi connectivity index (χ3v) is 7.25. The van der Waals surface area contributed by atoms with Crippen LogP contribution in [-0.2, 0) is 11.0 Å². The molecular formula is C23H31N5O2S. The maximum atomic E-state index is 12.9. The molecule has 7 nitrogen and oxygen atoms in total. The first-order chi connectivity index (χ1) is 15.0. The zero-order valence-corrected chi connectivity index (χ0v) is 19.1. The molecule has 0 aliphatic heterocycles. The zero-order valence-electron chi connectivity index (χ0n) is 18.3. The van der Waals surface area contributed by atoms with Gasteiger partial charge in [-0.05, 0) is 69.3 Å². The number of hydrogen-bond acceptors (Lipinski definition) is 5. The predicted octanol–water partition coefficient (Wildman–Crippen LogP) is 3.83. The molecule has 1 aromatic carbocycles. The summed E-state index contributed by atoms with van der Waals surface area (Å²) in [5.41, 5.74) is 1.90. The van der Waals surface area contributed by atoms with Gasteiger partial charge < -0.3 is 10.2 Å². The van der Waals surface area contributed by atoms with Gasteiger partial charge in [-0.3, -0.25) is 4.79 Å². The van der Waals surface area contributed by atoms with Crippen LogP contribution in [0, 0.1) is 12.8 Å². The van der Waals surface area contributed by atoms with Gasteiger partial charge in [-0.25, -0.2) is 18.9 Å². The third-order valence-electron chi connectivity index (χ3n) is 6.19. The Balaban J connectivity index is 1.51. The summed E-state index contributed by atoms with van der Waals surface area (Å²) in [7, 11) is 0.389. The predicted molar refractivity (Wildman–Crippen MR) is 124 cm³/mol. The van der Waals surface area contributed by atoms with Crippen LogP contribution in [0.3, 0.4) is 0 Å². The number of nitrogens with one attached hydrogen (secondary N) is 2. The molecule has 4 rings (SSSR count). The molecule has 2 N–H and O–H groups in total. The second kappa shape index (κ2) is 9.87. The summed E-state index contributed by atoms with van der Waals surface area (Å²) in [6, 6.07) is 7.67. The number of nitrogens with zero attached hydrogens (tertiary/aromatic N) is 3. The average Bonchev–Trinajstić information content (AvgIpc) is 3.63. The summed E-state index contributed by atoms with van der Waals surface area (Å²) in [5.74, 6) is 1.35. The molecule has 0 bridgehead atoms. The molecule has 2 aliphatic carbocycles. The highest BCUT2D eigenvalue weighted by molar-refractivity contribution is 7.83. The minimum atomic E-state index is -1.26. The van der Waals surface area contributed by atoms with Crippen molar-refractivity contribution in [1.82, 2.24) is 14.7 Å². The molecule has 2 aliphatic rings. The zero-order chi connectivity index (χ0) is 21.8. The van der Waals surface area contributed by atoms with Gasteiger partial charge in [0.2, 0.25) is 0 Å². The first kappa shape index (κ1) is 21.9. The van der Waals surface area contributed by atoms with Crippen molar-refractivity contribution >= 4 is 28.4 Å². The fraction of sp³-hybridized carbons (Fsp3) is 0.522. The lowest BCUT2D eigenvalue weighted by atomic mass is 9.94. The van der Waals surface area contributed by atoms with Crippen LogP contribution in [0.15, 0.2) is 35.5 Å². The normalized spacial score (nSPS) is 17.9. The van der Waals surface area contributed by atoms with Crippen molar-refractivity contribution in [2.24, 2.45) is 5.92 Å². The van der Waals surface area contributed by atoms with Gasteiger partial charge in [0.05, 0.1) is 4.90 Å². The first-order valence-electron chi connectivity index (χ1n) is 11.1. The van der Waals surface area contributed by atoms with Crippen molar-refractivity contribution in [2.45, 2.75) is 62.8 Å². The number of anilines is 2. The van der Waals surface area contributed by atoms with Crippen LogP contribution in [0.1, 0.15) is 61.0 Å².